The van der Waals surface area contributed by atoms with Crippen molar-refractivity contribution >= 4 is 5.91 Å². The van der Waals surface area contributed by atoms with Gasteiger partial charge in [-0.2, -0.15) is 0 Å². The molecule has 0 saturated carbocycles. The molecule has 0 fully saturated rings. The summed E-state index contributed by atoms with van der Waals surface area (Å²) < 4.78 is 7.77. The maximum absolute atomic E-state index is 13.8. The monoisotopic (exact) mass is 497 g/mol. The second kappa shape index (κ2) is 14.0. The lowest BCUT2D eigenvalue weighted by molar-refractivity contribution is 0.0927. The van der Waals surface area contributed by atoms with Crippen molar-refractivity contribution in [2.45, 2.75) is 60.0 Å². The van der Waals surface area contributed by atoms with Crippen LogP contribution in [0.2, 0.25) is 0 Å². The predicted molar refractivity (Wildman–Crippen MR) is 153 cm³/mol. The van der Waals surface area contributed by atoms with Crippen LogP contribution in [0.1, 0.15) is 69.6 Å². The molecule has 0 aliphatic rings. The van der Waals surface area contributed by atoms with Crippen LogP contribution in [-0.4, -0.2) is 22.1 Å². The van der Waals surface area contributed by atoms with Gasteiger partial charge in [0.2, 0.25) is 0 Å². The Kier molecular flexibility index (Phi) is 10.5. The molecule has 4 rings (SSSR count). The normalized spacial score (nSPS) is 11.3. The standard InChI is InChI=1S/C30H33N3O2.C2H6/c1-4-21-35-25-19-17-23(18-20-25)27-28(30(34)31-26(5-2)22-13-9-7-10-14-22)33(6-3)29(32-27)24-15-11-8-12-16-24;1-2/h7-20,26H,4-6,21H2,1-3H3,(H,31,34);1-2H3. The number of nitrogens with zero attached hydrogens (tertiary/aromatic N) is 2. The van der Waals surface area contributed by atoms with E-state index in [0.717, 1.165) is 41.1 Å². The van der Waals surface area contributed by atoms with Crippen molar-refractivity contribution in [2.24, 2.45) is 0 Å². The molecule has 0 bridgehead atoms. The van der Waals surface area contributed by atoms with Crippen LogP contribution in [-0.2, 0) is 6.54 Å². The maximum atomic E-state index is 13.8. The lowest BCUT2D eigenvalue weighted by atomic mass is 10.0. The highest BCUT2D eigenvalue weighted by atomic mass is 16.5. The number of carbonyl (C=O) groups excluding carboxylic acids is 1. The fourth-order valence-corrected chi connectivity index (χ4v) is 4.26. The molecule has 1 heterocycles. The molecule has 0 radical (unpaired) electrons. The molecule has 1 aromatic heterocycles. The quantitative estimate of drug-likeness (QED) is 0.242. The minimum absolute atomic E-state index is 0.0817. The second-order valence-electron chi connectivity index (χ2n) is 8.46. The van der Waals surface area contributed by atoms with Gasteiger partial charge in [0, 0.05) is 17.7 Å². The Morgan fingerprint density at radius 1 is 0.865 bits per heavy atom. The Morgan fingerprint density at radius 3 is 2.05 bits per heavy atom. The number of nitrogens with one attached hydrogen (secondary N) is 1. The van der Waals surface area contributed by atoms with Gasteiger partial charge in [0.1, 0.15) is 23.0 Å². The third-order valence-electron chi connectivity index (χ3n) is 6.05. The number of ether oxygens (including phenoxy) is 1. The molecule has 0 saturated heterocycles. The zero-order valence-corrected chi connectivity index (χ0v) is 22.7. The van der Waals surface area contributed by atoms with E-state index in [9.17, 15) is 4.79 Å². The molecular weight excluding hydrogens is 458 g/mol. The summed E-state index contributed by atoms with van der Waals surface area (Å²) in [5, 5.41) is 3.26. The largest absolute Gasteiger partial charge is 0.494 e. The topological polar surface area (TPSA) is 56.2 Å². The summed E-state index contributed by atoms with van der Waals surface area (Å²) in [4.78, 5) is 18.8. The maximum Gasteiger partial charge on any atom is 0.270 e. The summed E-state index contributed by atoms with van der Waals surface area (Å²) in [6, 6.07) is 27.9. The molecule has 37 heavy (non-hydrogen) atoms. The molecule has 0 aliphatic heterocycles. The van der Waals surface area contributed by atoms with Crippen molar-refractivity contribution in [3.05, 3.63) is 96.2 Å². The number of hydrogen-bond donors (Lipinski definition) is 1. The minimum Gasteiger partial charge on any atom is -0.494 e. The molecule has 1 N–H and O–H groups in total. The van der Waals surface area contributed by atoms with Gasteiger partial charge in [-0.25, -0.2) is 4.98 Å². The van der Waals surface area contributed by atoms with Crippen LogP contribution in [0.4, 0.5) is 0 Å². The van der Waals surface area contributed by atoms with Crippen molar-refractivity contribution in [3.63, 3.8) is 0 Å². The Morgan fingerprint density at radius 2 is 1.49 bits per heavy atom. The minimum atomic E-state index is -0.126. The third kappa shape index (κ3) is 6.67. The van der Waals surface area contributed by atoms with Crippen LogP contribution in [0.3, 0.4) is 0 Å². The summed E-state index contributed by atoms with van der Waals surface area (Å²) in [6.45, 7) is 11.5. The zero-order valence-electron chi connectivity index (χ0n) is 22.7. The van der Waals surface area contributed by atoms with Gasteiger partial charge in [0.15, 0.2) is 0 Å². The highest BCUT2D eigenvalue weighted by Gasteiger charge is 2.26. The third-order valence-corrected chi connectivity index (χ3v) is 6.05. The number of rotatable bonds is 10. The van der Waals surface area contributed by atoms with Gasteiger partial charge < -0.3 is 14.6 Å². The predicted octanol–water partition coefficient (Wildman–Crippen LogP) is 7.93. The van der Waals surface area contributed by atoms with E-state index in [1.165, 1.54) is 0 Å². The molecule has 1 amide bonds. The second-order valence-corrected chi connectivity index (χ2v) is 8.46. The lowest BCUT2D eigenvalue weighted by Gasteiger charge is -2.19. The first kappa shape index (κ1) is 27.7. The number of hydrogen-bond acceptors (Lipinski definition) is 3. The van der Waals surface area contributed by atoms with Crippen molar-refractivity contribution < 1.29 is 9.53 Å². The van der Waals surface area contributed by atoms with E-state index in [1.54, 1.807) is 0 Å². The first-order valence-corrected chi connectivity index (χ1v) is 13.4. The van der Waals surface area contributed by atoms with Crippen molar-refractivity contribution in [1.29, 1.82) is 0 Å². The molecule has 5 heteroatoms. The summed E-state index contributed by atoms with van der Waals surface area (Å²) >= 11 is 0. The number of benzene rings is 3. The van der Waals surface area contributed by atoms with Gasteiger partial charge in [-0.1, -0.05) is 88.4 Å². The number of carbonyl (C=O) groups is 1. The van der Waals surface area contributed by atoms with Crippen LogP contribution in [0, 0.1) is 0 Å². The van der Waals surface area contributed by atoms with Crippen LogP contribution >= 0.6 is 0 Å². The molecule has 1 unspecified atom stereocenters. The zero-order chi connectivity index (χ0) is 26.6. The van der Waals surface area contributed by atoms with E-state index in [1.807, 2.05) is 98.1 Å². The van der Waals surface area contributed by atoms with Crippen molar-refractivity contribution in [2.75, 3.05) is 6.61 Å². The van der Waals surface area contributed by atoms with E-state index in [2.05, 4.69) is 31.3 Å². The molecular formula is C32H39N3O2. The summed E-state index contributed by atoms with van der Waals surface area (Å²) in [6.07, 6.45) is 1.74. The van der Waals surface area contributed by atoms with Gasteiger partial charge >= 0.3 is 0 Å². The van der Waals surface area contributed by atoms with E-state index in [-0.39, 0.29) is 11.9 Å². The molecule has 194 valence electrons. The molecule has 5 nitrogen and oxygen atoms in total. The fraction of sp³-hybridized carbons (Fsp3) is 0.312. The number of aromatic nitrogens is 2. The van der Waals surface area contributed by atoms with Crippen LogP contribution < -0.4 is 10.1 Å². The van der Waals surface area contributed by atoms with Crippen molar-refractivity contribution in [3.8, 4) is 28.4 Å². The van der Waals surface area contributed by atoms with Crippen LogP contribution in [0.15, 0.2) is 84.9 Å². The SMILES string of the molecule is CC.CCCOc1ccc(-c2nc(-c3ccccc3)n(CC)c2C(=O)NC(CC)c2ccccc2)cc1. The van der Waals surface area contributed by atoms with Gasteiger partial charge in [0.05, 0.1) is 12.6 Å². The van der Waals surface area contributed by atoms with E-state index < -0.39 is 0 Å². The molecule has 0 aliphatic carbocycles. The highest BCUT2D eigenvalue weighted by Crippen LogP contribution is 2.31. The lowest BCUT2D eigenvalue weighted by Crippen LogP contribution is -2.30. The first-order valence-electron chi connectivity index (χ1n) is 13.4. The Hall–Kier alpha value is -3.86. The Labute approximate surface area is 221 Å². The molecule has 4 aromatic rings. The van der Waals surface area contributed by atoms with Gasteiger partial charge in [-0.3, -0.25) is 4.79 Å². The fourth-order valence-electron chi connectivity index (χ4n) is 4.26. The Bertz CT molecular complexity index is 1230. The van der Waals surface area contributed by atoms with E-state index >= 15 is 0 Å². The van der Waals surface area contributed by atoms with Gasteiger partial charge in [-0.05, 0) is 49.6 Å². The van der Waals surface area contributed by atoms with E-state index in [0.29, 0.717) is 24.5 Å². The van der Waals surface area contributed by atoms with Crippen LogP contribution in [0.5, 0.6) is 5.75 Å². The summed E-state index contributed by atoms with van der Waals surface area (Å²) in [5.74, 6) is 1.47. The average molecular weight is 498 g/mol. The number of imidazole rings is 1. The van der Waals surface area contributed by atoms with E-state index in [4.69, 9.17) is 9.72 Å². The number of amides is 1. The van der Waals surface area contributed by atoms with Gasteiger partial charge in [0.25, 0.3) is 5.91 Å². The van der Waals surface area contributed by atoms with Gasteiger partial charge in [-0.15, -0.1) is 0 Å². The van der Waals surface area contributed by atoms with Crippen molar-refractivity contribution in [1.82, 2.24) is 14.9 Å². The smallest absolute Gasteiger partial charge is 0.270 e. The summed E-state index contributed by atoms with van der Waals surface area (Å²) in [5.41, 5.74) is 4.20. The molecule has 0 spiro atoms. The van der Waals surface area contributed by atoms with Crippen LogP contribution in [0.25, 0.3) is 22.6 Å². The highest BCUT2D eigenvalue weighted by molar-refractivity contribution is 5.99. The molecule has 3 aromatic carbocycles. The average Bonchev–Trinajstić information content (AvgIpc) is 3.37. The Balaban J connectivity index is 0.00000186. The first-order chi connectivity index (χ1) is 18.2. The summed E-state index contributed by atoms with van der Waals surface area (Å²) in [7, 11) is 0. The molecule has 1 atom stereocenters.